The normalized spacial score (nSPS) is 10.3. The highest BCUT2D eigenvalue weighted by molar-refractivity contribution is 5.80. The van der Waals surface area contributed by atoms with Crippen molar-refractivity contribution >= 4 is 11.9 Å². The van der Waals surface area contributed by atoms with Gasteiger partial charge in [0.2, 0.25) is 0 Å². The first-order valence-electron chi connectivity index (χ1n) is 9.60. The largest absolute Gasteiger partial charge is 0.490 e. The fourth-order valence-corrected chi connectivity index (χ4v) is 2.51. The van der Waals surface area contributed by atoms with Crippen molar-refractivity contribution in [2.75, 3.05) is 26.4 Å². The van der Waals surface area contributed by atoms with Crippen LogP contribution in [0.1, 0.15) is 25.3 Å². The van der Waals surface area contributed by atoms with E-state index in [0.29, 0.717) is 44.1 Å². The molecule has 0 saturated heterocycles. The Morgan fingerprint density at radius 1 is 1.00 bits per heavy atom. The molecule has 0 saturated carbocycles. The molecule has 1 amide bonds. The molecule has 6 nitrogen and oxygen atoms in total. The van der Waals surface area contributed by atoms with Crippen LogP contribution in [0.15, 0.2) is 48.5 Å². The van der Waals surface area contributed by atoms with Crippen molar-refractivity contribution in [3.63, 3.8) is 0 Å². The predicted octanol–water partition coefficient (Wildman–Crippen LogP) is 3.29. The molecule has 0 unspecified atom stereocenters. The molecule has 0 atom stereocenters. The Morgan fingerprint density at radius 2 is 1.69 bits per heavy atom. The van der Waals surface area contributed by atoms with Crippen LogP contribution >= 0.6 is 0 Å². The standard InChI is InChI=1S/C22H26FNO5/c1-2-27-19-6-3-4-7-20(19)28-15-5-8-22(26)29-16-21(25)24-14-13-17-9-11-18(23)12-10-17/h3-4,6-7,9-12H,2,5,8,13-16H2,1H3,(H,24,25). The van der Waals surface area contributed by atoms with Gasteiger partial charge < -0.3 is 19.5 Å². The molecule has 0 aliphatic carbocycles. The number of carbonyl (C=O) groups is 2. The Bertz CT molecular complexity index is 779. The average Bonchev–Trinajstić information content (AvgIpc) is 2.72. The van der Waals surface area contributed by atoms with Gasteiger partial charge in [-0.25, -0.2) is 4.39 Å². The summed E-state index contributed by atoms with van der Waals surface area (Å²) in [6.07, 6.45) is 1.19. The SMILES string of the molecule is CCOc1ccccc1OCCCC(=O)OCC(=O)NCCc1ccc(F)cc1. The van der Waals surface area contributed by atoms with Gasteiger partial charge in [0.05, 0.1) is 13.2 Å². The summed E-state index contributed by atoms with van der Waals surface area (Å²) < 4.78 is 28.9. The van der Waals surface area contributed by atoms with Crippen molar-refractivity contribution in [1.29, 1.82) is 0 Å². The minimum Gasteiger partial charge on any atom is -0.490 e. The maximum Gasteiger partial charge on any atom is 0.306 e. The first-order valence-corrected chi connectivity index (χ1v) is 9.60. The lowest BCUT2D eigenvalue weighted by molar-refractivity contribution is -0.148. The highest BCUT2D eigenvalue weighted by Crippen LogP contribution is 2.26. The van der Waals surface area contributed by atoms with Crippen LogP contribution in [0.25, 0.3) is 0 Å². The van der Waals surface area contributed by atoms with Crippen molar-refractivity contribution in [2.45, 2.75) is 26.2 Å². The van der Waals surface area contributed by atoms with Gasteiger partial charge in [-0.3, -0.25) is 9.59 Å². The van der Waals surface area contributed by atoms with Crippen LogP contribution in [0.4, 0.5) is 4.39 Å². The zero-order valence-corrected chi connectivity index (χ0v) is 16.5. The number of halogens is 1. The zero-order chi connectivity index (χ0) is 20.9. The molecule has 2 aromatic carbocycles. The van der Waals surface area contributed by atoms with Crippen LogP contribution in [0.2, 0.25) is 0 Å². The zero-order valence-electron chi connectivity index (χ0n) is 16.5. The molecule has 7 heteroatoms. The second kappa shape index (κ2) is 12.4. The van der Waals surface area contributed by atoms with Crippen molar-refractivity contribution in [3.05, 3.63) is 59.9 Å². The van der Waals surface area contributed by atoms with E-state index in [4.69, 9.17) is 14.2 Å². The van der Waals surface area contributed by atoms with Gasteiger partial charge in [-0.1, -0.05) is 24.3 Å². The first kappa shape index (κ1) is 22.2. The molecule has 0 radical (unpaired) electrons. The number of rotatable bonds is 12. The van der Waals surface area contributed by atoms with Crippen molar-refractivity contribution in [3.8, 4) is 11.5 Å². The summed E-state index contributed by atoms with van der Waals surface area (Å²) in [5.74, 6) is 0.162. The second-order valence-corrected chi connectivity index (χ2v) is 6.22. The summed E-state index contributed by atoms with van der Waals surface area (Å²) in [6.45, 7) is 2.83. The van der Waals surface area contributed by atoms with E-state index in [0.717, 1.165) is 5.56 Å². The Hall–Kier alpha value is -3.09. The van der Waals surface area contributed by atoms with Gasteiger partial charge >= 0.3 is 5.97 Å². The van der Waals surface area contributed by atoms with Crippen LogP contribution < -0.4 is 14.8 Å². The third-order valence-corrected chi connectivity index (χ3v) is 3.95. The predicted molar refractivity (Wildman–Crippen MR) is 106 cm³/mol. The van der Waals surface area contributed by atoms with E-state index in [9.17, 15) is 14.0 Å². The van der Waals surface area contributed by atoms with Gasteiger partial charge in [0.25, 0.3) is 5.91 Å². The average molecular weight is 403 g/mol. The third-order valence-electron chi connectivity index (χ3n) is 3.95. The van der Waals surface area contributed by atoms with E-state index in [2.05, 4.69) is 5.32 Å². The molecule has 0 aliphatic rings. The number of para-hydroxylation sites is 2. The molecular weight excluding hydrogens is 377 g/mol. The number of benzene rings is 2. The summed E-state index contributed by atoms with van der Waals surface area (Å²) in [4.78, 5) is 23.5. The summed E-state index contributed by atoms with van der Waals surface area (Å²) in [7, 11) is 0. The quantitative estimate of drug-likeness (QED) is 0.435. The molecule has 1 N–H and O–H groups in total. The topological polar surface area (TPSA) is 73.9 Å². The van der Waals surface area contributed by atoms with E-state index in [1.54, 1.807) is 18.2 Å². The van der Waals surface area contributed by atoms with Crippen LogP contribution in [0.3, 0.4) is 0 Å². The fourth-order valence-electron chi connectivity index (χ4n) is 2.51. The van der Waals surface area contributed by atoms with Gasteiger partial charge in [0.1, 0.15) is 5.82 Å². The Labute approximate surface area is 170 Å². The van der Waals surface area contributed by atoms with Crippen LogP contribution in [0.5, 0.6) is 11.5 Å². The van der Waals surface area contributed by atoms with Crippen molar-refractivity contribution in [1.82, 2.24) is 5.32 Å². The van der Waals surface area contributed by atoms with Gasteiger partial charge in [-0.2, -0.15) is 0 Å². The molecular formula is C22H26FNO5. The van der Waals surface area contributed by atoms with Gasteiger partial charge in [0, 0.05) is 13.0 Å². The van der Waals surface area contributed by atoms with E-state index >= 15 is 0 Å². The van der Waals surface area contributed by atoms with Crippen LogP contribution in [-0.2, 0) is 20.7 Å². The fraction of sp³-hybridized carbons (Fsp3) is 0.364. The number of hydrogen-bond donors (Lipinski definition) is 1. The molecule has 29 heavy (non-hydrogen) atoms. The van der Waals surface area contributed by atoms with Crippen LogP contribution in [-0.4, -0.2) is 38.2 Å². The number of nitrogens with one attached hydrogen (secondary N) is 1. The molecule has 0 aromatic heterocycles. The molecule has 0 heterocycles. The smallest absolute Gasteiger partial charge is 0.306 e. The van der Waals surface area contributed by atoms with Crippen molar-refractivity contribution < 1.29 is 28.2 Å². The van der Waals surface area contributed by atoms with Crippen LogP contribution in [0, 0.1) is 5.82 Å². The highest BCUT2D eigenvalue weighted by atomic mass is 19.1. The summed E-state index contributed by atoms with van der Waals surface area (Å²) in [6, 6.07) is 13.4. The Kier molecular flexibility index (Phi) is 9.48. The van der Waals surface area contributed by atoms with E-state index in [1.165, 1.54) is 12.1 Å². The lowest BCUT2D eigenvalue weighted by Gasteiger charge is -2.11. The number of amides is 1. The van der Waals surface area contributed by atoms with Gasteiger partial charge in [-0.15, -0.1) is 0 Å². The second-order valence-electron chi connectivity index (χ2n) is 6.22. The Morgan fingerprint density at radius 3 is 2.38 bits per heavy atom. The summed E-state index contributed by atoms with van der Waals surface area (Å²) in [5, 5.41) is 2.66. The lowest BCUT2D eigenvalue weighted by atomic mass is 10.1. The molecule has 2 rings (SSSR count). The maximum atomic E-state index is 12.8. The van der Waals surface area contributed by atoms with Crippen molar-refractivity contribution in [2.24, 2.45) is 0 Å². The summed E-state index contributed by atoms with van der Waals surface area (Å²) >= 11 is 0. The van der Waals surface area contributed by atoms with Gasteiger partial charge in [-0.05, 0) is 49.6 Å². The minimum absolute atomic E-state index is 0.152. The molecule has 0 fully saturated rings. The molecule has 156 valence electrons. The molecule has 0 spiro atoms. The van der Waals surface area contributed by atoms with Gasteiger partial charge in [0.15, 0.2) is 18.1 Å². The third kappa shape index (κ3) is 8.64. The van der Waals surface area contributed by atoms with E-state index in [1.807, 2.05) is 25.1 Å². The molecule has 0 bridgehead atoms. The Balaban J connectivity index is 1.56. The highest BCUT2D eigenvalue weighted by Gasteiger charge is 2.08. The van der Waals surface area contributed by atoms with E-state index < -0.39 is 5.97 Å². The minimum atomic E-state index is -0.458. The molecule has 0 aliphatic heterocycles. The number of carbonyl (C=O) groups excluding carboxylic acids is 2. The monoisotopic (exact) mass is 403 g/mol. The first-order chi connectivity index (χ1) is 14.1. The number of hydrogen-bond acceptors (Lipinski definition) is 5. The molecule has 2 aromatic rings. The number of esters is 1. The number of ether oxygens (including phenoxy) is 3. The lowest BCUT2D eigenvalue weighted by Crippen LogP contribution is -2.30. The summed E-state index contributed by atoms with van der Waals surface area (Å²) in [5.41, 5.74) is 0.912. The van der Waals surface area contributed by atoms with E-state index in [-0.39, 0.29) is 24.8 Å². The maximum absolute atomic E-state index is 12.8.